The van der Waals surface area contributed by atoms with Crippen LogP contribution in [-0.2, 0) is 16.8 Å². The second-order valence-corrected chi connectivity index (χ2v) is 10.7. The molecule has 0 N–H and O–H groups in total. The van der Waals surface area contributed by atoms with Crippen molar-refractivity contribution >= 4 is 22.6 Å². The van der Waals surface area contributed by atoms with Crippen LogP contribution in [0.25, 0.3) is 11.0 Å². The molecule has 1 aliphatic rings. The highest BCUT2D eigenvalue weighted by molar-refractivity contribution is 5.96. The Balaban J connectivity index is 1.49. The molecule has 1 amide bonds. The summed E-state index contributed by atoms with van der Waals surface area (Å²) in [7, 11) is 0. The summed E-state index contributed by atoms with van der Waals surface area (Å²) < 4.78 is 2.31. The fourth-order valence-electron chi connectivity index (χ4n) is 5.10. The molecule has 0 aliphatic carbocycles. The maximum absolute atomic E-state index is 13.1. The van der Waals surface area contributed by atoms with E-state index in [9.17, 15) is 4.79 Å². The van der Waals surface area contributed by atoms with Crippen LogP contribution in [0.15, 0.2) is 66.7 Å². The van der Waals surface area contributed by atoms with E-state index in [4.69, 9.17) is 4.98 Å². The van der Waals surface area contributed by atoms with Gasteiger partial charge in [-0.25, -0.2) is 4.98 Å². The van der Waals surface area contributed by atoms with E-state index < -0.39 is 0 Å². The van der Waals surface area contributed by atoms with E-state index in [1.54, 1.807) is 0 Å². The topological polar surface area (TPSA) is 38.1 Å². The van der Waals surface area contributed by atoms with Crippen molar-refractivity contribution in [2.45, 2.75) is 58.9 Å². The molecule has 2 heterocycles. The molecule has 4 heteroatoms. The molecule has 1 aliphatic heterocycles. The van der Waals surface area contributed by atoms with Gasteiger partial charge in [0.25, 0.3) is 0 Å². The maximum atomic E-state index is 13.1. The molecular weight excluding hydrogens is 418 g/mol. The molecule has 0 spiro atoms. The third-order valence-electron chi connectivity index (χ3n) is 6.85. The van der Waals surface area contributed by atoms with Crippen LogP contribution in [0.3, 0.4) is 0 Å². The van der Waals surface area contributed by atoms with Crippen LogP contribution in [0.1, 0.15) is 61.2 Å². The summed E-state index contributed by atoms with van der Waals surface area (Å²) in [6.45, 7) is 12.3. The van der Waals surface area contributed by atoms with Gasteiger partial charge in [0.1, 0.15) is 5.82 Å². The molecular formula is C30H33N3O. The Morgan fingerprint density at radius 3 is 2.29 bits per heavy atom. The highest BCUT2D eigenvalue weighted by Crippen LogP contribution is 2.34. The highest BCUT2D eigenvalue weighted by atomic mass is 16.2. The van der Waals surface area contributed by atoms with Crippen molar-refractivity contribution in [1.29, 1.82) is 0 Å². The molecule has 3 aromatic carbocycles. The average molecular weight is 452 g/mol. The number of imidazole rings is 1. The number of aromatic nitrogens is 2. The molecule has 0 radical (unpaired) electrons. The standard InChI is InChI=1S/C30H33N3O/c1-20-14-21(2)16-25(15-20)32-19-23(17-28(32)34)29-31-26-8-6-7-9-27(26)33(29)18-22-10-12-24(13-11-22)30(3,4)5/h6-16,23H,17-19H2,1-5H3. The van der Waals surface area contributed by atoms with Gasteiger partial charge < -0.3 is 9.47 Å². The number of nitrogens with zero attached hydrogens (tertiary/aromatic N) is 3. The minimum atomic E-state index is 0.0644. The number of amides is 1. The van der Waals surface area contributed by atoms with Gasteiger partial charge in [0.2, 0.25) is 5.91 Å². The average Bonchev–Trinajstić information content (AvgIpc) is 3.33. The van der Waals surface area contributed by atoms with Crippen molar-refractivity contribution in [3.8, 4) is 0 Å². The Bertz CT molecular complexity index is 1340. The first kappa shape index (κ1) is 22.4. The van der Waals surface area contributed by atoms with Gasteiger partial charge in [0.05, 0.1) is 11.0 Å². The van der Waals surface area contributed by atoms with E-state index in [1.807, 2.05) is 11.0 Å². The van der Waals surface area contributed by atoms with Crippen molar-refractivity contribution in [3.63, 3.8) is 0 Å². The number of fused-ring (bicyclic) bond motifs is 1. The molecule has 34 heavy (non-hydrogen) atoms. The summed E-state index contributed by atoms with van der Waals surface area (Å²) >= 11 is 0. The predicted octanol–water partition coefficient (Wildman–Crippen LogP) is 6.52. The Morgan fingerprint density at radius 2 is 1.62 bits per heavy atom. The van der Waals surface area contributed by atoms with Gasteiger partial charge in [-0.2, -0.15) is 0 Å². The van der Waals surface area contributed by atoms with E-state index >= 15 is 0 Å². The van der Waals surface area contributed by atoms with Crippen molar-refractivity contribution in [2.75, 3.05) is 11.4 Å². The van der Waals surface area contributed by atoms with Crippen LogP contribution in [-0.4, -0.2) is 22.0 Å². The number of rotatable bonds is 4. The molecule has 0 bridgehead atoms. The number of carbonyl (C=O) groups excluding carboxylic acids is 1. The van der Waals surface area contributed by atoms with E-state index in [-0.39, 0.29) is 17.2 Å². The molecule has 0 saturated carbocycles. The molecule has 1 fully saturated rings. The van der Waals surface area contributed by atoms with Crippen molar-refractivity contribution in [2.24, 2.45) is 0 Å². The smallest absolute Gasteiger partial charge is 0.227 e. The third-order valence-corrected chi connectivity index (χ3v) is 6.85. The molecule has 1 unspecified atom stereocenters. The number of anilines is 1. The van der Waals surface area contributed by atoms with Crippen LogP contribution in [0, 0.1) is 13.8 Å². The van der Waals surface area contributed by atoms with Crippen LogP contribution in [0.2, 0.25) is 0 Å². The van der Waals surface area contributed by atoms with Gasteiger partial charge >= 0.3 is 0 Å². The number of aryl methyl sites for hydroxylation is 2. The van der Waals surface area contributed by atoms with Gasteiger partial charge in [-0.3, -0.25) is 4.79 Å². The fourth-order valence-corrected chi connectivity index (χ4v) is 5.10. The van der Waals surface area contributed by atoms with Crippen LogP contribution >= 0.6 is 0 Å². The van der Waals surface area contributed by atoms with Gasteiger partial charge in [-0.15, -0.1) is 0 Å². The lowest BCUT2D eigenvalue weighted by Crippen LogP contribution is -2.24. The zero-order valence-electron chi connectivity index (χ0n) is 20.8. The second kappa shape index (κ2) is 8.43. The van der Waals surface area contributed by atoms with E-state index in [1.165, 1.54) is 22.3 Å². The molecule has 1 saturated heterocycles. The predicted molar refractivity (Wildman–Crippen MR) is 140 cm³/mol. The van der Waals surface area contributed by atoms with E-state index in [0.29, 0.717) is 13.0 Å². The SMILES string of the molecule is Cc1cc(C)cc(N2CC(c3nc4ccccc4n3Cc3ccc(C(C)(C)C)cc3)CC2=O)c1. The monoisotopic (exact) mass is 451 g/mol. The zero-order chi connectivity index (χ0) is 24.0. The van der Waals surface area contributed by atoms with Crippen molar-refractivity contribution in [3.05, 3.63) is 94.8 Å². The number of carbonyl (C=O) groups is 1. The lowest BCUT2D eigenvalue weighted by atomic mass is 9.87. The first-order valence-corrected chi connectivity index (χ1v) is 12.1. The highest BCUT2D eigenvalue weighted by Gasteiger charge is 2.35. The summed E-state index contributed by atoms with van der Waals surface area (Å²) in [6.07, 6.45) is 0.485. The minimum Gasteiger partial charge on any atom is -0.323 e. The van der Waals surface area contributed by atoms with Gasteiger partial charge in [0, 0.05) is 31.1 Å². The number of hydrogen-bond acceptors (Lipinski definition) is 2. The first-order valence-electron chi connectivity index (χ1n) is 12.1. The summed E-state index contributed by atoms with van der Waals surface area (Å²) in [5, 5.41) is 0. The molecule has 174 valence electrons. The Morgan fingerprint density at radius 1 is 0.941 bits per heavy atom. The summed E-state index contributed by atoms with van der Waals surface area (Å²) in [5.41, 5.74) is 8.16. The first-order chi connectivity index (χ1) is 16.2. The number of benzene rings is 3. The lowest BCUT2D eigenvalue weighted by molar-refractivity contribution is -0.117. The molecule has 1 atom stereocenters. The summed E-state index contributed by atoms with van der Waals surface area (Å²) in [5.74, 6) is 1.24. The fraction of sp³-hybridized carbons (Fsp3) is 0.333. The molecule has 1 aromatic heterocycles. The van der Waals surface area contributed by atoms with Crippen LogP contribution < -0.4 is 4.90 Å². The van der Waals surface area contributed by atoms with Crippen molar-refractivity contribution in [1.82, 2.24) is 9.55 Å². The van der Waals surface area contributed by atoms with Crippen molar-refractivity contribution < 1.29 is 4.79 Å². The lowest BCUT2D eigenvalue weighted by Gasteiger charge is -2.20. The van der Waals surface area contributed by atoms with Gasteiger partial charge in [-0.1, -0.05) is 63.2 Å². The summed E-state index contributed by atoms with van der Waals surface area (Å²) in [4.78, 5) is 20.1. The van der Waals surface area contributed by atoms with Gasteiger partial charge in [0.15, 0.2) is 0 Å². The third kappa shape index (κ3) is 4.25. The minimum absolute atomic E-state index is 0.0644. The summed E-state index contributed by atoms with van der Waals surface area (Å²) in [6, 6.07) is 23.6. The molecule has 4 aromatic rings. The number of para-hydroxylation sites is 2. The molecule has 4 nitrogen and oxygen atoms in total. The Hall–Kier alpha value is -3.40. The number of hydrogen-bond donors (Lipinski definition) is 0. The quantitative estimate of drug-likeness (QED) is 0.354. The van der Waals surface area contributed by atoms with Crippen LogP contribution in [0.4, 0.5) is 5.69 Å². The Labute approximate surface area is 202 Å². The zero-order valence-corrected chi connectivity index (χ0v) is 20.8. The normalized spacial score (nSPS) is 16.6. The van der Waals surface area contributed by atoms with E-state index in [2.05, 4.69) is 99.8 Å². The second-order valence-electron chi connectivity index (χ2n) is 10.7. The van der Waals surface area contributed by atoms with E-state index in [0.717, 1.165) is 29.1 Å². The molecule has 5 rings (SSSR count). The van der Waals surface area contributed by atoms with Gasteiger partial charge in [-0.05, 0) is 65.8 Å². The maximum Gasteiger partial charge on any atom is 0.227 e. The largest absolute Gasteiger partial charge is 0.323 e. The Kier molecular flexibility index (Phi) is 5.55. The van der Waals surface area contributed by atoms with Crippen LogP contribution in [0.5, 0.6) is 0 Å².